The second kappa shape index (κ2) is 8.13. The van der Waals surface area contributed by atoms with Crippen molar-refractivity contribution in [3.63, 3.8) is 0 Å². The Labute approximate surface area is 184 Å². The molecule has 0 aliphatic carbocycles. The number of carbonyl (C=O) groups excluding carboxylic acids is 1. The number of aromatic amines is 1. The van der Waals surface area contributed by atoms with E-state index < -0.39 is 0 Å². The van der Waals surface area contributed by atoms with Gasteiger partial charge in [0.15, 0.2) is 0 Å². The lowest BCUT2D eigenvalue weighted by Gasteiger charge is -2.08. The van der Waals surface area contributed by atoms with Crippen molar-refractivity contribution < 1.29 is 4.79 Å². The monoisotopic (exact) mass is 445 g/mol. The predicted octanol–water partition coefficient (Wildman–Crippen LogP) is 4.66. The van der Waals surface area contributed by atoms with Gasteiger partial charge in [0.25, 0.3) is 11.5 Å². The first-order valence-electron chi connectivity index (χ1n) is 9.33. The van der Waals surface area contributed by atoms with Crippen LogP contribution < -0.4 is 10.9 Å². The smallest absolute Gasteiger partial charge is 0.266 e. The van der Waals surface area contributed by atoms with Gasteiger partial charge in [0.1, 0.15) is 11.5 Å². The van der Waals surface area contributed by atoms with E-state index in [4.69, 9.17) is 0 Å². The number of hydrogen-bond acceptors (Lipinski definition) is 6. The number of thiophene rings is 2. The predicted molar refractivity (Wildman–Crippen MR) is 123 cm³/mol. The van der Waals surface area contributed by atoms with E-state index in [1.807, 2.05) is 59.3 Å². The van der Waals surface area contributed by atoms with Crippen LogP contribution in [0.25, 0.3) is 27.8 Å². The molecule has 0 spiro atoms. The summed E-state index contributed by atoms with van der Waals surface area (Å²) in [7, 11) is 0. The summed E-state index contributed by atoms with van der Waals surface area (Å²) >= 11 is 2.88. The number of anilines is 1. The molecule has 0 aliphatic rings. The number of amides is 1. The fourth-order valence-corrected chi connectivity index (χ4v) is 4.36. The Balaban J connectivity index is 1.62. The minimum absolute atomic E-state index is 0.218. The van der Waals surface area contributed by atoms with Crippen LogP contribution in [0.1, 0.15) is 9.67 Å². The maximum absolute atomic E-state index is 12.7. The third kappa shape index (κ3) is 3.96. The molecule has 1 aromatic carbocycles. The molecule has 0 fully saturated rings. The fraction of sp³-hybridized carbons (Fsp3) is 0. The number of benzene rings is 1. The molecule has 0 saturated heterocycles. The lowest BCUT2D eigenvalue weighted by Crippen LogP contribution is -2.18. The van der Waals surface area contributed by atoms with Crippen LogP contribution >= 0.6 is 22.7 Å². The summed E-state index contributed by atoms with van der Waals surface area (Å²) in [6.45, 7) is 0. The molecule has 9 heteroatoms. The lowest BCUT2D eigenvalue weighted by molar-refractivity contribution is 0.103. The molecule has 0 unspecified atom stereocenters. The van der Waals surface area contributed by atoms with Gasteiger partial charge in [-0.1, -0.05) is 42.5 Å². The molecular weight excluding hydrogens is 430 g/mol. The highest BCUT2D eigenvalue weighted by atomic mass is 32.1. The topological polar surface area (TPSA) is 92.7 Å². The van der Waals surface area contributed by atoms with Gasteiger partial charge in [0.05, 0.1) is 15.4 Å². The molecule has 4 heterocycles. The molecule has 5 aromatic rings. The number of hydrogen-bond donors (Lipinski definition) is 2. The second-order valence-electron chi connectivity index (χ2n) is 6.56. The quantitative estimate of drug-likeness (QED) is 0.411. The number of H-pyrrole nitrogens is 1. The van der Waals surface area contributed by atoms with Crippen LogP contribution in [0.3, 0.4) is 0 Å². The molecule has 5 rings (SSSR count). The number of rotatable bonds is 5. The van der Waals surface area contributed by atoms with Gasteiger partial charge in [-0.25, -0.2) is 4.98 Å². The average Bonchev–Trinajstić information content (AvgIpc) is 3.55. The summed E-state index contributed by atoms with van der Waals surface area (Å²) in [5, 5.41) is 11.3. The Morgan fingerprint density at radius 2 is 1.74 bits per heavy atom. The van der Waals surface area contributed by atoms with Gasteiger partial charge in [-0.2, -0.15) is 9.78 Å². The minimum atomic E-state index is -0.312. The van der Waals surface area contributed by atoms with Crippen LogP contribution in [-0.2, 0) is 0 Å². The van der Waals surface area contributed by atoms with Crippen molar-refractivity contribution in [2.45, 2.75) is 0 Å². The summed E-state index contributed by atoms with van der Waals surface area (Å²) in [4.78, 5) is 33.9. The molecule has 31 heavy (non-hydrogen) atoms. The largest absolute Gasteiger partial charge is 0.306 e. The van der Waals surface area contributed by atoms with Crippen molar-refractivity contribution in [1.82, 2.24) is 19.7 Å². The highest BCUT2D eigenvalue weighted by Gasteiger charge is 2.18. The highest BCUT2D eigenvalue weighted by Crippen LogP contribution is 2.28. The van der Waals surface area contributed by atoms with E-state index in [0.717, 1.165) is 10.4 Å². The van der Waals surface area contributed by atoms with Gasteiger partial charge in [0, 0.05) is 17.7 Å². The molecule has 4 aromatic heterocycles. The van der Waals surface area contributed by atoms with Gasteiger partial charge in [-0.05, 0) is 22.9 Å². The van der Waals surface area contributed by atoms with Crippen molar-refractivity contribution in [2.24, 2.45) is 0 Å². The zero-order chi connectivity index (χ0) is 21.2. The Kier molecular flexibility index (Phi) is 5.03. The van der Waals surface area contributed by atoms with Crippen LogP contribution in [0.5, 0.6) is 0 Å². The van der Waals surface area contributed by atoms with Crippen molar-refractivity contribution in [1.29, 1.82) is 0 Å². The SMILES string of the molecule is O=C(Nc1cc(-c2cccs2)nn1-c1nc(-c2ccccc2)cc(=O)[nH]1)c1cccs1. The molecule has 0 bridgehead atoms. The molecule has 1 amide bonds. The van der Waals surface area contributed by atoms with Crippen LogP contribution in [0.4, 0.5) is 5.82 Å². The Hall–Kier alpha value is -3.82. The average molecular weight is 446 g/mol. The fourth-order valence-electron chi connectivity index (χ4n) is 3.06. The molecule has 0 atom stereocenters. The van der Waals surface area contributed by atoms with Crippen molar-refractivity contribution in [3.05, 3.63) is 92.7 Å². The van der Waals surface area contributed by atoms with Crippen LogP contribution in [0, 0.1) is 0 Å². The zero-order valence-corrected chi connectivity index (χ0v) is 17.6. The van der Waals surface area contributed by atoms with Crippen LogP contribution in [0.2, 0.25) is 0 Å². The molecule has 0 saturated carbocycles. The summed E-state index contributed by atoms with van der Waals surface area (Å²) in [5.41, 5.74) is 1.68. The third-order valence-electron chi connectivity index (χ3n) is 4.47. The number of nitrogens with one attached hydrogen (secondary N) is 2. The molecule has 0 radical (unpaired) electrons. The van der Waals surface area contributed by atoms with E-state index >= 15 is 0 Å². The van der Waals surface area contributed by atoms with Crippen LogP contribution in [0.15, 0.2) is 82.3 Å². The van der Waals surface area contributed by atoms with Crippen molar-refractivity contribution in [3.8, 4) is 27.8 Å². The van der Waals surface area contributed by atoms with Gasteiger partial charge in [0.2, 0.25) is 5.95 Å². The molecule has 152 valence electrons. The molecule has 2 N–H and O–H groups in total. The first-order chi connectivity index (χ1) is 15.2. The van der Waals surface area contributed by atoms with Gasteiger partial charge in [-0.3, -0.25) is 14.6 Å². The van der Waals surface area contributed by atoms with E-state index in [2.05, 4.69) is 20.4 Å². The van der Waals surface area contributed by atoms with Gasteiger partial charge >= 0.3 is 0 Å². The van der Waals surface area contributed by atoms with E-state index in [-0.39, 0.29) is 17.4 Å². The number of carbonyl (C=O) groups is 1. The van der Waals surface area contributed by atoms with Crippen molar-refractivity contribution >= 4 is 34.4 Å². The van der Waals surface area contributed by atoms with E-state index in [1.165, 1.54) is 33.4 Å². The molecule has 7 nitrogen and oxygen atoms in total. The number of aromatic nitrogens is 4. The molecule has 0 aliphatic heterocycles. The maximum atomic E-state index is 12.7. The van der Waals surface area contributed by atoms with E-state index in [0.29, 0.717) is 22.1 Å². The Morgan fingerprint density at radius 1 is 0.935 bits per heavy atom. The maximum Gasteiger partial charge on any atom is 0.266 e. The lowest BCUT2D eigenvalue weighted by atomic mass is 10.1. The van der Waals surface area contributed by atoms with E-state index in [1.54, 1.807) is 12.1 Å². The van der Waals surface area contributed by atoms with E-state index in [9.17, 15) is 9.59 Å². The zero-order valence-electron chi connectivity index (χ0n) is 16.0. The highest BCUT2D eigenvalue weighted by molar-refractivity contribution is 7.13. The summed E-state index contributed by atoms with van der Waals surface area (Å²) in [6.07, 6.45) is 0. The molecular formula is C22H15N5O2S2. The van der Waals surface area contributed by atoms with Gasteiger partial charge < -0.3 is 5.32 Å². The first-order valence-corrected chi connectivity index (χ1v) is 11.1. The summed E-state index contributed by atoms with van der Waals surface area (Å²) in [6, 6.07) is 20.1. The first kappa shape index (κ1) is 19.2. The Morgan fingerprint density at radius 3 is 2.48 bits per heavy atom. The third-order valence-corrected chi connectivity index (χ3v) is 6.23. The summed E-state index contributed by atoms with van der Waals surface area (Å²) in [5.74, 6) is 0.376. The Bertz CT molecular complexity index is 1390. The number of nitrogens with zero attached hydrogens (tertiary/aromatic N) is 3. The second-order valence-corrected chi connectivity index (χ2v) is 8.45. The van der Waals surface area contributed by atoms with Gasteiger partial charge in [-0.15, -0.1) is 22.7 Å². The van der Waals surface area contributed by atoms with Crippen molar-refractivity contribution in [2.75, 3.05) is 5.32 Å². The normalized spacial score (nSPS) is 10.8. The minimum Gasteiger partial charge on any atom is -0.306 e. The standard InChI is InChI=1S/C22H15N5O2S2/c28-20-13-15(14-6-2-1-3-7-14)23-22(25-20)27-19(24-21(29)18-9-5-11-31-18)12-16(26-27)17-8-4-10-30-17/h1-13H,(H,24,29)(H,23,25,28). The van der Waals surface area contributed by atoms with Crippen LogP contribution in [-0.4, -0.2) is 25.7 Å². The summed E-state index contributed by atoms with van der Waals surface area (Å²) < 4.78 is 1.45.